The summed E-state index contributed by atoms with van der Waals surface area (Å²) in [7, 11) is 0. The molecule has 2 aromatic rings. The van der Waals surface area contributed by atoms with Gasteiger partial charge in [0.15, 0.2) is 0 Å². The van der Waals surface area contributed by atoms with Gasteiger partial charge in [-0.3, -0.25) is 4.79 Å². The summed E-state index contributed by atoms with van der Waals surface area (Å²) >= 11 is 13.5. The second-order valence-electron chi connectivity index (χ2n) is 4.51. The van der Waals surface area contributed by atoms with Crippen LogP contribution in [0.1, 0.15) is 17.7 Å². The maximum absolute atomic E-state index is 12.0. The van der Waals surface area contributed by atoms with Gasteiger partial charge in [0.2, 0.25) is 5.91 Å². The van der Waals surface area contributed by atoms with E-state index in [-0.39, 0.29) is 11.2 Å². The molecule has 0 heterocycles. The van der Waals surface area contributed by atoms with Gasteiger partial charge in [0, 0.05) is 5.25 Å². The van der Waals surface area contributed by atoms with E-state index in [1.54, 1.807) is 30.0 Å². The molecule has 0 saturated heterocycles. The zero-order chi connectivity index (χ0) is 15.2. The fourth-order valence-electron chi connectivity index (χ4n) is 1.81. The Hall–Kier alpha value is -1.16. The first-order chi connectivity index (χ1) is 10.1. The third-order valence-corrected chi connectivity index (χ3v) is 4.98. The van der Waals surface area contributed by atoms with Crippen LogP contribution >= 0.6 is 35.0 Å². The SMILES string of the molecule is C[C@@H](SCC(=O)Nc1cccc(Cl)c1Cl)c1ccccc1. The van der Waals surface area contributed by atoms with Crippen LogP contribution in [0.5, 0.6) is 0 Å². The summed E-state index contributed by atoms with van der Waals surface area (Å²) in [4.78, 5) is 12.0. The summed E-state index contributed by atoms with van der Waals surface area (Å²) in [5.74, 6) is 0.269. The molecule has 2 rings (SSSR count). The second kappa shape index (κ2) is 7.74. The normalized spacial score (nSPS) is 12.0. The third-order valence-electron chi connectivity index (χ3n) is 2.96. The molecule has 1 atom stereocenters. The van der Waals surface area contributed by atoms with Crippen molar-refractivity contribution < 1.29 is 4.79 Å². The average Bonchev–Trinajstić information content (AvgIpc) is 2.50. The van der Waals surface area contributed by atoms with Gasteiger partial charge in [0.25, 0.3) is 0 Å². The molecule has 0 aromatic heterocycles. The molecular formula is C16H15Cl2NOS. The van der Waals surface area contributed by atoms with E-state index in [0.717, 1.165) is 0 Å². The molecule has 2 nitrogen and oxygen atoms in total. The summed E-state index contributed by atoms with van der Waals surface area (Å²) < 4.78 is 0. The van der Waals surface area contributed by atoms with Gasteiger partial charge in [0.1, 0.15) is 0 Å². The Morgan fingerprint density at radius 1 is 1.14 bits per heavy atom. The highest BCUT2D eigenvalue weighted by Crippen LogP contribution is 2.31. The predicted octanol–water partition coefficient (Wildman–Crippen LogP) is 5.43. The van der Waals surface area contributed by atoms with Crippen LogP contribution in [0.25, 0.3) is 0 Å². The highest BCUT2D eigenvalue weighted by atomic mass is 35.5. The van der Waals surface area contributed by atoms with E-state index >= 15 is 0 Å². The van der Waals surface area contributed by atoms with Crippen LogP contribution in [0.2, 0.25) is 10.0 Å². The number of carbonyl (C=O) groups excluding carboxylic acids is 1. The summed E-state index contributed by atoms with van der Waals surface area (Å²) in [6.45, 7) is 2.08. The van der Waals surface area contributed by atoms with Gasteiger partial charge in [-0.2, -0.15) is 0 Å². The lowest BCUT2D eigenvalue weighted by atomic mass is 10.2. The predicted molar refractivity (Wildman–Crippen MR) is 92.4 cm³/mol. The lowest BCUT2D eigenvalue weighted by Gasteiger charge is -2.12. The van der Waals surface area contributed by atoms with E-state index in [1.807, 2.05) is 18.2 Å². The number of hydrogen-bond donors (Lipinski definition) is 1. The number of hydrogen-bond acceptors (Lipinski definition) is 2. The molecule has 0 unspecified atom stereocenters. The first-order valence-corrected chi connectivity index (χ1v) is 8.29. The van der Waals surface area contributed by atoms with Crippen molar-refractivity contribution in [2.75, 3.05) is 11.1 Å². The second-order valence-corrected chi connectivity index (χ2v) is 6.63. The van der Waals surface area contributed by atoms with Crippen LogP contribution in [0, 0.1) is 0 Å². The zero-order valence-electron chi connectivity index (χ0n) is 11.5. The smallest absolute Gasteiger partial charge is 0.234 e. The standard InChI is InChI=1S/C16H15Cl2NOS/c1-11(12-6-3-2-4-7-12)21-10-15(20)19-14-9-5-8-13(17)16(14)18/h2-9,11H,10H2,1H3,(H,19,20)/t11-/m1/s1. The van der Waals surface area contributed by atoms with E-state index in [1.165, 1.54) is 5.56 Å². The summed E-state index contributed by atoms with van der Waals surface area (Å²) in [5, 5.41) is 3.84. The molecule has 0 fully saturated rings. The largest absolute Gasteiger partial charge is 0.324 e. The molecule has 5 heteroatoms. The van der Waals surface area contributed by atoms with Gasteiger partial charge in [-0.15, -0.1) is 11.8 Å². The van der Waals surface area contributed by atoms with Crippen LogP contribution in [0.4, 0.5) is 5.69 Å². The van der Waals surface area contributed by atoms with Crippen LogP contribution in [-0.2, 0) is 4.79 Å². The van der Waals surface area contributed by atoms with Crippen LogP contribution in [0.3, 0.4) is 0 Å². The molecule has 21 heavy (non-hydrogen) atoms. The summed E-state index contributed by atoms with van der Waals surface area (Å²) in [6, 6.07) is 15.3. The van der Waals surface area contributed by atoms with Crippen LogP contribution in [0.15, 0.2) is 48.5 Å². The van der Waals surface area contributed by atoms with Crippen molar-refractivity contribution in [3.63, 3.8) is 0 Å². The van der Waals surface area contributed by atoms with Gasteiger partial charge in [-0.1, -0.05) is 59.6 Å². The summed E-state index contributed by atoms with van der Waals surface area (Å²) in [6.07, 6.45) is 0. The molecule has 0 spiro atoms. The molecule has 0 aliphatic carbocycles. The topological polar surface area (TPSA) is 29.1 Å². The molecule has 0 aliphatic rings. The number of nitrogens with one attached hydrogen (secondary N) is 1. The Kier molecular flexibility index (Phi) is 5.97. The molecule has 0 radical (unpaired) electrons. The monoisotopic (exact) mass is 339 g/mol. The minimum atomic E-state index is -0.0908. The van der Waals surface area contributed by atoms with Crippen molar-refractivity contribution in [2.45, 2.75) is 12.2 Å². The van der Waals surface area contributed by atoms with E-state index in [0.29, 0.717) is 21.5 Å². The zero-order valence-corrected chi connectivity index (χ0v) is 13.8. The minimum absolute atomic E-state index is 0.0908. The highest BCUT2D eigenvalue weighted by molar-refractivity contribution is 8.00. The maximum Gasteiger partial charge on any atom is 0.234 e. The van der Waals surface area contributed by atoms with Gasteiger partial charge in [-0.25, -0.2) is 0 Å². The number of rotatable bonds is 5. The van der Waals surface area contributed by atoms with Crippen molar-refractivity contribution in [3.8, 4) is 0 Å². The van der Waals surface area contributed by atoms with Crippen LogP contribution < -0.4 is 5.32 Å². The lowest BCUT2D eigenvalue weighted by molar-refractivity contribution is -0.113. The minimum Gasteiger partial charge on any atom is -0.324 e. The van der Waals surface area contributed by atoms with E-state index in [9.17, 15) is 4.79 Å². The number of halogens is 2. The quantitative estimate of drug-likeness (QED) is 0.787. The fraction of sp³-hybridized carbons (Fsp3) is 0.188. The average molecular weight is 340 g/mol. The van der Waals surface area contributed by atoms with E-state index in [2.05, 4.69) is 24.4 Å². The highest BCUT2D eigenvalue weighted by Gasteiger charge is 2.11. The summed E-state index contributed by atoms with van der Waals surface area (Å²) in [5.41, 5.74) is 1.75. The van der Waals surface area contributed by atoms with Crippen LogP contribution in [-0.4, -0.2) is 11.7 Å². The Balaban J connectivity index is 1.89. The van der Waals surface area contributed by atoms with Gasteiger partial charge >= 0.3 is 0 Å². The number of carbonyl (C=O) groups is 1. The third kappa shape index (κ3) is 4.67. The molecule has 2 aromatic carbocycles. The lowest BCUT2D eigenvalue weighted by Crippen LogP contribution is -2.15. The number of benzene rings is 2. The molecule has 1 amide bonds. The Morgan fingerprint density at radius 3 is 2.57 bits per heavy atom. The van der Waals surface area contributed by atoms with Crippen molar-refractivity contribution in [1.82, 2.24) is 0 Å². The van der Waals surface area contributed by atoms with Crippen molar-refractivity contribution in [1.29, 1.82) is 0 Å². The van der Waals surface area contributed by atoms with Gasteiger partial charge in [-0.05, 0) is 24.6 Å². The maximum atomic E-state index is 12.0. The van der Waals surface area contributed by atoms with Gasteiger partial charge in [0.05, 0.1) is 21.5 Å². The molecule has 110 valence electrons. The Morgan fingerprint density at radius 2 is 1.86 bits per heavy atom. The van der Waals surface area contributed by atoms with Crippen molar-refractivity contribution >= 4 is 46.6 Å². The first-order valence-electron chi connectivity index (χ1n) is 6.48. The van der Waals surface area contributed by atoms with Crippen molar-refractivity contribution in [3.05, 3.63) is 64.1 Å². The molecule has 1 N–H and O–H groups in total. The molecule has 0 aliphatic heterocycles. The molecule has 0 saturated carbocycles. The first kappa shape index (κ1) is 16.2. The molecule has 0 bridgehead atoms. The van der Waals surface area contributed by atoms with Crippen molar-refractivity contribution in [2.24, 2.45) is 0 Å². The van der Waals surface area contributed by atoms with E-state index in [4.69, 9.17) is 23.2 Å². The Labute approximate surface area is 138 Å². The number of thioether (sulfide) groups is 1. The number of amides is 1. The molecular weight excluding hydrogens is 325 g/mol. The fourth-order valence-corrected chi connectivity index (χ4v) is 2.98. The Bertz CT molecular complexity index is 619. The number of anilines is 1. The van der Waals surface area contributed by atoms with Gasteiger partial charge < -0.3 is 5.32 Å². The van der Waals surface area contributed by atoms with E-state index < -0.39 is 0 Å².